The average molecular weight is 399 g/mol. The zero-order valence-electron chi connectivity index (χ0n) is 17.8. The van der Waals surface area contributed by atoms with E-state index in [4.69, 9.17) is 4.42 Å². The van der Waals surface area contributed by atoms with Gasteiger partial charge in [0.25, 0.3) is 11.8 Å². The summed E-state index contributed by atoms with van der Waals surface area (Å²) in [5, 5.41) is 17.2. The Hall–Kier alpha value is -3.09. The average Bonchev–Trinajstić information content (AvgIpc) is 3.13. The third kappa shape index (κ3) is 5.94. The number of carbonyl (C=O) groups excluding carboxylic acids is 2. The maximum atomic E-state index is 11.9. The van der Waals surface area contributed by atoms with Crippen molar-refractivity contribution in [2.45, 2.75) is 52.4 Å². The van der Waals surface area contributed by atoms with E-state index >= 15 is 0 Å². The summed E-state index contributed by atoms with van der Waals surface area (Å²) < 4.78 is 4.96. The maximum absolute atomic E-state index is 11.9. The second kappa shape index (κ2) is 8.51. The van der Waals surface area contributed by atoms with Crippen molar-refractivity contribution >= 4 is 18.0 Å². The van der Waals surface area contributed by atoms with Gasteiger partial charge in [0.1, 0.15) is 5.75 Å². The maximum Gasteiger partial charge on any atom is 0.287 e. The minimum Gasteiger partial charge on any atom is -0.507 e. The van der Waals surface area contributed by atoms with Gasteiger partial charge in [-0.2, -0.15) is 5.10 Å². The number of hydrazone groups is 1. The molecule has 0 bridgehead atoms. The second-order valence-electron chi connectivity index (χ2n) is 8.92. The van der Waals surface area contributed by atoms with Crippen molar-refractivity contribution in [1.29, 1.82) is 0 Å². The van der Waals surface area contributed by atoms with Crippen LogP contribution in [0.15, 0.2) is 40.0 Å². The first-order chi connectivity index (χ1) is 13.4. The van der Waals surface area contributed by atoms with Crippen molar-refractivity contribution in [2.24, 2.45) is 5.10 Å². The number of benzene rings is 1. The van der Waals surface area contributed by atoms with Crippen LogP contribution in [-0.2, 0) is 15.6 Å². The molecule has 2 rings (SSSR count). The van der Waals surface area contributed by atoms with Gasteiger partial charge in [-0.05, 0) is 40.7 Å². The monoisotopic (exact) mass is 399 g/mol. The Morgan fingerprint density at radius 3 is 2.17 bits per heavy atom. The molecule has 0 unspecified atom stereocenters. The molecule has 0 aliphatic carbocycles. The van der Waals surface area contributed by atoms with Gasteiger partial charge in [0.2, 0.25) is 0 Å². The fourth-order valence-corrected chi connectivity index (χ4v) is 2.75. The summed E-state index contributed by atoms with van der Waals surface area (Å²) >= 11 is 0. The molecule has 1 aromatic heterocycles. The number of aromatic hydroxyl groups is 1. The van der Waals surface area contributed by atoms with E-state index < -0.39 is 11.8 Å². The minimum absolute atomic E-state index is 0.134. The lowest BCUT2D eigenvalue weighted by atomic mass is 9.78. The largest absolute Gasteiger partial charge is 0.507 e. The molecule has 0 spiro atoms. The van der Waals surface area contributed by atoms with E-state index in [9.17, 15) is 14.7 Å². The van der Waals surface area contributed by atoms with Crippen LogP contribution in [0.2, 0.25) is 0 Å². The molecule has 7 heteroatoms. The molecule has 3 N–H and O–H groups in total. The molecule has 29 heavy (non-hydrogen) atoms. The van der Waals surface area contributed by atoms with Gasteiger partial charge in [-0.1, -0.05) is 41.5 Å². The van der Waals surface area contributed by atoms with Gasteiger partial charge in [-0.3, -0.25) is 9.59 Å². The Balaban J connectivity index is 2.09. The highest BCUT2D eigenvalue weighted by molar-refractivity contribution is 5.94. The summed E-state index contributed by atoms with van der Waals surface area (Å²) in [6.07, 6.45) is 2.91. The molecule has 2 aromatic rings. The predicted molar refractivity (Wildman–Crippen MR) is 112 cm³/mol. The summed E-state index contributed by atoms with van der Waals surface area (Å²) in [6, 6.07) is 6.82. The van der Waals surface area contributed by atoms with E-state index in [1.54, 1.807) is 6.07 Å². The second-order valence-corrected chi connectivity index (χ2v) is 8.92. The number of hydrogen-bond donors (Lipinski definition) is 3. The number of furan rings is 1. The van der Waals surface area contributed by atoms with Gasteiger partial charge in [0, 0.05) is 11.1 Å². The highest BCUT2D eigenvalue weighted by Gasteiger charge is 2.26. The number of nitrogens with zero attached hydrogens (tertiary/aromatic N) is 1. The fourth-order valence-electron chi connectivity index (χ4n) is 2.75. The van der Waals surface area contributed by atoms with Crippen molar-refractivity contribution < 1.29 is 19.1 Å². The smallest absolute Gasteiger partial charge is 0.287 e. The van der Waals surface area contributed by atoms with Crippen LogP contribution in [0.1, 0.15) is 68.8 Å². The van der Waals surface area contributed by atoms with Crippen LogP contribution in [0, 0.1) is 0 Å². The third-order valence-corrected chi connectivity index (χ3v) is 4.31. The van der Waals surface area contributed by atoms with E-state index in [-0.39, 0.29) is 28.9 Å². The first-order valence-electron chi connectivity index (χ1n) is 9.41. The lowest BCUT2D eigenvalue weighted by molar-refractivity contribution is -0.120. The molecular weight excluding hydrogens is 370 g/mol. The van der Waals surface area contributed by atoms with Crippen molar-refractivity contribution in [3.63, 3.8) is 0 Å². The molecule has 0 saturated carbocycles. The standard InChI is InChI=1S/C22H29N3O4/c1-21(2,3)15-10-14(11-16(19(15)27)22(4,5)6)12-24-25-18(26)13-23-20(28)17-8-7-9-29-17/h7-12,27H,13H2,1-6H3,(H,23,28)(H,25,26)/b24-12-. The third-order valence-electron chi connectivity index (χ3n) is 4.31. The van der Waals surface area contributed by atoms with Crippen LogP contribution in [-0.4, -0.2) is 29.7 Å². The summed E-state index contributed by atoms with van der Waals surface area (Å²) in [7, 11) is 0. The van der Waals surface area contributed by atoms with Crippen molar-refractivity contribution in [2.75, 3.05) is 6.54 Å². The molecule has 1 aromatic carbocycles. The normalized spacial score (nSPS) is 12.2. The first-order valence-corrected chi connectivity index (χ1v) is 9.41. The minimum atomic E-state index is -0.475. The van der Waals surface area contributed by atoms with Gasteiger partial charge in [0.15, 0.2) is 5.76 Å². The Bertz CT molecular complexity index is 866. The van der Waals surface area contributed by atoms with Gasteiger partial charge in [0.05, 0.1) is 19.0 Å². The quantitative estimate of drug-likeness (QED) is 0.529. The molecule has 7 nitrogen and oxygen atoms in total. The van der Waals surface area contributed by atoms with Crippen LogP contribution in [0.3, 0.4) is 0 Å². The highest BCUT2D eigenvalue weighted by atomic mass is 16.3. The molecule has 0 saturated heterocycles. The molecule has 0 aliphatic rings. The van der Waals surface area contributed by atoms with Crippen LogP contribution < -0.4 is 10.7 Å². The van der Waals surface area contributed by atoms with Gasteiger partial charge >= 0.3 is 0 Å². The Kier molecular flexibility index (Phi) is 6.51. The zero-order valence-corrected chi connectivity index (χ0v) is 17.8. The zero-order chi connectivity index (χ0) is 21.8. The molecule has 0 aliphatic heterocycles. The number of phenols is 1. The van der Waals surface area contributed by atoms with E-state index in [1.165, 1.54) is 18.5 Å². The lowest BCUT2D eigenvalue weighted by Crippen LogP contribution is -2.34. The SMILES string of the molecule is CC(C)(C)c1cc(/C=N\NC(=O)CNC(=O)c2ccco2)cc(C(C)(C)C)c1O. The predicted octanol–water partition coefficient (Wildman–Crippen LogP) is 3.46. The number of carbonyl (C=O) groups is 2. The van der Waals surface area contributed by atoms with Gasteiger partial charge < -0.3 is 14.8 Å². The van der Waals surface area contributed by atoms with Gasteiger partial charge in [-0.15, -0.1) is 0 Å². The van der Waals surface area contributed by atoms with Crippen molar-refractivity contribution in [1.82, 2.24) is 10.7 Å². The van der Waals surface area contributed by atoms with Crippen LogP contribution in [0.25, 0.3) is 0 Å². The van der Waals surface area contributed by atoms with E-state index in [0.29, 0.717) is 0 Å². The molecule has 156 valence electrons. The summed E-state index contributed by atoms with van der Waals surface area (Å²) in [4.78, 5) is 23.7. The molecular formula is C22H29N3O4. The van der Waals surface area contributed by atoms with E-state index in [2.05, 4.69) is 15.8 Å². The number of rotatable bonds is 5. The number of nitrogens with one attached hydrogen (secondary N) is 2. The lowest BCUT2D eigenvalue weighted by Gasteiger charge is -2.27. The summed E-state index contributed by atoms with van der Waals surface area (Å²) in [5.74, 6) is -0.522. The Morgan fingerprint density at radius 2 is 1.69 bits per heavy atom. The number of hydrogen-bond acceptors (Lipinski definition) is 5. The van der Waals surface area contributed by atoms with Crippen molar-refractivity contribution in [3.8, 4) is 5.75 Å². The molecule has 0 fully saturated rings. The van der Waals surface area contributed by atoms with Crippen LogP contribution in [0.5, 0.6) is 5.75 Å². The van der Waals surface area contributed by atoms with Crippen LogP contribution in [0.4, 0.5) is 0 Å². The Labute approximate surface area is 171 Å². The first kappa shape index (κ1) is 22.2. The molecule has 1 heterocycles. The topological polar surface area (TPSA) is 104 Å². The summed E-state index contributed by atoms with van der Waals surface area (Å²) in [5.41, 5.74) is 4.25. The number of phenolic OH excluding ortho intramolecular Hbond substituents is 1. The Morgan fingerprint density at radius 1 is 1.10 bits per heavy atom. The van der Waals surface area contributed by atoms with Crippen molar-refractivity contribution in [3.05, 3.63) is 53.0 Å². The molecule has 0 radical (unpaired) electrons. The van der Waals surface area contributed by atoms with E-state index in [1.807, 2.05) is 53.7 Å². The fraction of sp³-hybridized carbons (Fsp3) is 0.409. The number of amides is 2. The highest BCUT2D eigenvalue weighted by Crippen LogP contribution is 2.39. The molecule has 2 amide bonds. The summed E-state index contributed by atoms with van der Waals surface area (Å²) in [6.45, 7) is 11.9. The molecule has 0 atom stereocenters. The van der Waals surface area contributed by atoms with Crippen LogP contribution >= 0.6 is 0 Å². The van der Waals surface area contributed by atoms with E-state index in [0.717, 1.165) is 16.7 Å². The van der Waals surface area contributed by atoms with Gasteiger partial charge in [-0.25, -0.2) is 5.43 Å².